The molecule has 0 spiro atoms. The van der Waals surface area contributed by atoms with Crippen molar-refractivity contribution in [2.24, 2.45) is 11.8 Å². The van der Waals surface area contributed by atoms with E-state index < -0.39 is 11.7 Å². The zero-order valence-corrected chi connectivity index (χ0v) is 19.3. The molecule has 2 heterocycles. The van der Waals surface area contributed by atoms with E-state index in [1.807, 2.05) is 19.9 Å². The summed E-state index contributed by atoms with van der Waals surface area (Å²) in [6.07, 6.45) is 0.666. The number of carbonyl (C=O) groups is 1. The van der Waals surface area contributed by atoms with E-state index in [9.17, 15) is 18.0 Å². The Balaban J connectivity index is 0.000000182. The molecule has 6 heteroatoms. The van der Waals surface area contributed by atoms with Crippen LogP contribution in [0.3, 0.4) is 0 Å². The van der Waals surface area contributed by atoms with Crippen LogP contribution in [0.5, 0.6) is 0 Å². The molecular formula is C28H28F3NO2. The number of alkyl halides is 3. The van der Waals surface area contributed by atoms with Crippen molar-refractivity contribution >= 4 is 12.0 Å². The van der Waals surface area contributed by atoms with Crippen LogP contribution in [-0.2, 0) is 28.5 Å². The van der Waals surface area contributed by atoms with Crippen molar-refractivity contribution in [1.82, 2.24) is 4.98 Å². The Labute approximate surface area is 198 Å². The quantitative estimate of drug-likeness (QED) is 0.381. The molecule has 1 aromatic heterocycles. The van der Waals surface area contributed by atoms with Crippen LogP contribution in [0.4, 0.5) is 13.2 Å². The number of esters is 1. The Bertz CT molecular complexity index is 1120. The molecule has 1 aliphatic carbocycles. The monoisotopic (exact) mass is 467 g/mol. The standard InChI is InChI=1S/C14H10F3N.C12H12O2.C2H6/c1-2-13-7-6-11(9-18-13)10-4-3-5-12(8-10)14(15,16)17;13-12-11-6-9-4-2-1-3-8(9)5-10(11)7-14-12;1-2/h2-9H,1H2;1-4,10-11H,5-7H2;1-2H3. The molecule has 2 aliphatic rings. The average Bonchev–Trinajstić information content (AvgIpc) is 3.23. The Hall–Kier alpha value is -3.41. The van der Waals surface area contributed by atoms with Crippen LogP contribution in [-0.4, -0.2) is 17.6 Å². The molecule has 2 atom stereocenters. The molecule has 0 N–H and O–H groups in total. The molecule has 2 unspecified atom stereocenters. The lowest BCUT2D eigenvalue weighted by Crippen LogP contribution is -2.25. The summed E-state index contributed by atoms with van der Waals surface area (Å²) in [5, 5.41) is 0. The fourth-order valence-electron chi connectivity index (χ4n) is 4.10. The second-order valence-electron chi connectivity index (χ2n) is 7.93. The van der Waals surface area contributed by atoms with Gasteiger partial charge in [-0.3, -0.25) is 9.78 Å². The largest absolute Gasteiger partial charge is 0.465 e. The summed E-state index contributed by atoms with van der Waals surface area (Å²) in [6.45, 7) is 8.19. The number of halogens is 3. The van der Waals surface area contributed by atoms with Gasteiger partial charge in [-0.2, -0.15) is 13.2 Å². The summed E-state index contributed by atoms with van der Waals surface area (Å²) >= 11 is 0. The Morgan fingerprint density at radius 1 is 0.971 bits per heavy atom. The molecule has 1 saturated heterocycles. The van der Waals surface area contributed by atoms with Crippen molar-refractivity contribution in [2.45, 2.75) is 32.9 Å². The van der Waals surface area contributed by atoms with Crippen LogP contribution >= 0.6 is 0 Å². The van der Waals surface area contributed by atoms with E-state index in [1.165, 1.54) is 23.4 Å². The first-order valence-corrected chi connectivity index (χ1v) is 11.3. The number of hydrogen-bond donors (Lipinski definition) is 0. The fraction of sp³-hybridized carbons (Fsp3) is 0.286. The Kier molecular flexibility index (Phi) is 8.26. The van der Waals surface area contributed by atoms with Crippen LogP contribution in [0.1, 0.15) is 36.2 Å². The van der Waals surface area contributed by atoms with Crippen LogP contribution < -0.4 is 0 Å². The number of aromatic nitrogens is 1. The van der Waals surface area contributed by atoms with Gasteiger partial charge in [-0.15, -0.1) is 0 Å². The van der Waals surface area contributed by atoms with E-state index in [4.69, 9.17) is 4.74 Å². The third-order valence-corrected chi connectivity index (χ3v) is 5.87. The summed E-state index contributed by atoms with van der Waals surface area (Å²) < 4.78 is 42.8. The average molecular weight is 468 g/mol. The zero-order valence-electron chi connectivity index (χ0n) is 19.3. The summed E-state index contributed by atoms with van der Waals surface area (Å²) in [5.41, 5.74) is 3.89. The van der Waals surface area contributed by atoms with Crippen molar-refractivity contribution < 1.29 is 22.7 Å². The highest BCUT2D eigenvalue weighted by atomic mass is 19.4. The van der Waals surface area contributed by atoms with Crippen molar-refractivity contribution in [3.8, 4) is 11.1 Å². The van der Waals surface area contributed by atoms with Gasteiger partial charge in [0.1, 0.15) is 0 Å². The third-order valence-electron chi connectivity index (χ3n) is 5.87. The minimum Gasteiger partial charge on any atom is -0.465 e. The maximum absolute atomic E-state index is 12.6. The molecule has 0 bridgehead atoms. The van der Waals surface area contributed by atoms with E-state index in [1.54, 1.807) is 24.3 Å². The van der Waals surface area contributed by atoms with Gasteiger partial charge >= 0.3 is 12.1 Å². The first kappa shape index (κ1) is 25.2. The Morgan fingerprint density at radius 2 is 1.68 bits per heavy atom. The van der Waals surface area contributed by atoms with Gasteiger partial charge in [0.05, 0.1) is 23.8 Å². The van der Waals surface area contributed by atoms with Gasteiger partial charge in [0.2, 0.25) is 0 Å². The van der Waals surface area contributed by atoms with Gasteiger partial charge < -0.3 is 4.74 Å². The van der Waals surface area contributed by atoms with Gasteiger partial charge in [-0.1, -0.05) is 62.9 Å². The number of pyridine rings is 1. The van der Waals surface area contributed by atoms with Crippen molar-refractivity contribution in [3.63, 3.8) is 0 Å². The highest BCUT2D eigenvalue weighted by Gasteiger charge is 2.40. The number of carbonyl (C=O) groups excluding carboxylic acids is 1. The van der Waals surface area contributed by atoms with Gasteiger partial charge in [-0.05, 0) is 53.8 Å². The molecule has 0 radical (unpaired) electrons. The van der Waals surface area contributed by atoms with Gasteiger partial charge in [0.25, 0.3) is 0 Å². The molecular weight excluding hydrogens is 439 g/mol. The second-order valence-corrected chi connectivity index (χ2v) is 7.93. The van der Waals surface area contributed by atoms with E-state index in [2.05, 4.69) is 29.8 Å². The van der Waals surface area contributed by atoms with Gasteiger partial charge in [-0.25, -0.2) is 0 Å². The Morgan fingerprint density at radius 3 is 2.29 bits per heavy atom. The van der Waals surface area contributed by atoms with Crippen LogP contribution in [0.25, 0.3) is 17.2 Å². The maximum atomic E-state index is 12.6. The highest BCUT2D eigenvalue weighted by Crippen LogP contribution is 2.35. The van der Waals surface area contributed by atoms with Gasteiger partial charge in [0.15, 0.2) is 0 Å². The topological polar surface area (TPSA) is 39.2 Å². The molecule has 2 aromatic carbocycles. The van der Waals surface area contributed by atoms with Gasteiger partial charge in [0, 0.05) is 17.7 Å². The highest BCUT2D eigenvalue weighted by molar-refractivity contribution is 5.75. The number of hydrogen-bond acceptors (Lipinski definition) is 3. The van der Waals surface area contributed by atoms with Crippen LogP contribution in [0, 0.1) is 11.8 Å². The maximum Gasteiger partial charge on any atom is 0.416 e. The van der Waals surface area contributed by atoms with Crippen LogP contribution in [0.15, 0.2) is 73.4 Å². The number of benzene rings is 2. The zero-order chi connectivity index (χ0) is 24.7. The van der Waals surface area contributed by atoms with E-state index in [0.717, 1.165) is 25.0 Å². The van der Waals surface area contributed by atoms with Crippen molar-refractivity contribution in [2.75, 3.05) is 6.61 Å². The number of ether oxygens (including phenoxy) is 1. The molecule has 3 aromatic rings. The molecule has 1 aliphatic heterocycles. The summed E-state index contributed by atoms with van der Waals surface area (Å²) in [6, 6.07) is 17.0. The molecule has 178 valence electrons. The number of cyclic esters (lactones) is 1. The first-order valence-electron chi connectivity index (χ1n) is 11.3. The lowest BCUT2D eigenvalue weighted by Gasteiger charge is -2.23. The smallest absolute Gasteiger partial charge is 0.416 e. The third kappa shape index (κ3) is 5.93. The van der Waals surface area contributed by atoms with Crippen molar-refractivity contribution in [1.29, 1.82) is 0 Å². The molecule has 3 nitrogen and oxygen atoms in total. The molecule has 5 rings (SSSR count). The minimum absolute atomic E-state index is 0.00417. The lowest BCUT2D eigenvalue weighted by molar-refractivity contribution is -0.141. The summed E-state index contributed by atoms with van der Waals surface area (Å²) in [4.78, 5) is 15.5. The normalized spacial score (nSPS) is 18.2. The molecule has 0 saturated carbocycles. The summed E-state index contributed by atoms with van der Waals surface area (Å²) in [5.74, 6) is 0.562. The number of rotatable bonds is 2. The number of fused-ring (bicyclic) bond motifs is 2. The molecule has 1 fully saturated rings. The van der Waals surface area contributed by atoms with E-state index >= 15 is 0 Å². The fourth-order valence-corrected chi connectivity index (χ4v) is 4.10. The molecule has 0 amide bonds. The minimum atomic E-state index is -4.33. The van der Waals surface area contributed by atoms with Crippen molar-refractivity contribution in [3.05, 3.63) is 95.8 Å². The predicted molar refractivity (Wildman–Crippen MR) is 128 cm³/mol. The van der Waals surface area contributed by atoms with Crippen LogP contribution in [0.2, 0.25) is 0 Å². The number of nitrogens with zero attached hydrogens (tertiary/aromatic N) is 1. The predicted octanol–water partition coefficient (Wildman–Crippen LogP) is 7.01. The van der Waals surface area contributed by atoms with E-state index in [0.29, 0.717) is 29.3 Å². The SMILES string of the molecule is C=Cc1ccc(-c2cccc(C(F)(F)F)c2)cn1.CC.O=C1OCC2Cc3ccccc3CC12. The first-order chi connectivity index (χ1) is 16.3. The summed E-state index contributed by atoms with van der Waals surface area (Å²) in [7, 11) is 0. The van der Waals surface area contributed by atoms with E-state index in [-0.39, 0.29) is 11.9 Å². The lowest BCUT2D eigenvalue weighted by atomic mass is 9.78. The molecule has 34 heavy (non-hydrogen) atoms. The second kappa shape index (κ2) is 11.1.